The van der Waals surface area contributed by atoms with Crippen LogP contribution >= 0.6 is 11.3 Å². The van der Waals surface area contributed by atoms with Crippen molar-refractivity contribution >= 4 is 22.9 Å². The maximum atomic E-state index is 13.9. The van der Waals surface area contributed by atoms with Crippen molar-refractivity contribution in [2.24, 2.45) is 0 Å². The number of aryl methyl sites for hydroxylation is 1. The van der Waals surface area contributed by atoms with Crippen LogP contribution in [0.15, 0.2) is 29.6 Å². The van der Waals surface area contributed by atoms with E-state index in [0.717, 1.165) is 16.9 Å². The van der Waals surface area contributed by atoms with Crippen LogP contribution in [0.4, 0.5) is 10.1 Å². The molecule has 0 atom stereocenters. The van der Waals surface area contributed by atoms with E-state index in [1.165, 1.54) is 6.07 Å². The molecule has 1 amide bonds. The van der Waals surface area contributed by atoms with E-state index < -0.39 is 5.82 Å². The Morgan fingerprint density at radius 1 is 1.33 bits per heavy atom. The molecule has 0 aliphatic carbocycles. The summed E-state index contributed by atoms with van der Waals surface area (Å²) in [4.78, 5) is 13.4. The summed E-state index contributed by atoms with van der Waals surface area (Å²) in [6.45, 7) is 5.10. The summed E-state index contributed by atoms with van der Waals surface area (Å²) < 4.78 is 13.9. The van der Waals surface area contributed by atoms with Gasteiger partial charge in [0.1, 0.15) is 5.82 Å². The first-order chi connectivity index (χ1) is 10.1. The van der Waals surface area contributed by atoms with E-state index in [1.54, 1.807) is 23.5 Å². The molecule has 112 valence electrons. The van der Waals surface area contributed by atoms with Crippen molar-refractivity contribution in [2.75, 3.05) is 11.9 Å². The summed E-state index contributed by atoms with van der Waals surface area (Å²) >= 11 is 1.60. The minimum atomic E-state index is -0.400. The van der Waals surface area contributed by atoms with E-state index >= 15 is 0 Å². The maximum absolute atomic E-state index is 13.9. The fourth-order valence-electron chi connectivity index (χ4n) is 1.98. The molecule has 0 unspecified atom stereocenters. The molecule has 1 heterocycles. The molecule has 21 heavy (non-hydrogen) atoms. The van der Waals surface area contributed by atoms with E-state index in [9.17, 15) is 9.18 Å². The third-order valence-electron chi connectivity index (χ3n) is 3.19. The first-order valence-corrected chi connectivity index (χ1v) is 7.85. The highest BCUT2D eigenvalue weighted by Gasteiger charge is 2.15. The van der Waals surface area contributed by atoms with E-state index in [0.29, 0.717) is 18.7 Å². The van der Waals surface area contributed by atoms with Gasteiger partial charge in [0.15, 0.2) is 0 Å². The molecule has 0 radical (unpaired) electrons. The Bertz CT molecular complexity index is 624. The molecule has 0 aliphatic heterocycles. The Morgan fingerprint density at radius 2 is 2.14 bits per heavy atom. The minimum Gasteiger partial charge on any atom is -0.382 e. The van der Waals surface area contributed by atoms with Gasteiger partial charge in [-0.2, -0.15) is 0 Å². The lowest BCUT2D eigenvalue weighted by molar-refractivity contribution is 0.0951. The Hall–Kier alpha value is -1.88. The van der Waals surface area contributed by atoms with Crippen molar-refractivity contribution in [1.82, 2.24) is 5.32 Å². The number of thiophene rings is 1. The van der Waals surface area contributed by atoms with E-state index in [1.807, 2.05) is 25.3 Å². The highest BCUT2D eigenvalue weighted by molar-refractivity contribution is 7.10. The van der Waals surface area contributed by atoms with Crippen molar-refractivity contribution in [1.29, 1.82) is 0 Å². The monoisotopic (exact) mass is 306 g/mol. The Kier molecular flexibility index (Phi) is 5.33. The smallest absolute Gasteiger partial charge is 0.253 e. The molecule has 2 aromatic rings. The molecule has 0 fully saturated rings. The predicted molar refractivity (Wildman–Crippen MR) is 85.4 cm³/mol. The van der Waals surface area contributed by atoms with Gasteiger partial charge in [-0.3, -0.25) is 4.79 Å². The number of halogens is 1. The summed E-state index contributed by atoms with van der Waals surface area (Å²) in [5, 5.41) is 7.83. The molecule has 1 aromatic heterocycles. The number of amides is 1. The zero-order chi connectivity index (χ0) is 15.2. The van der Waals surface area contributed by atoms with Crippen LogP contribution in [0.3, 0.4) is 0 Å². The quantitative estimate of drug-likeness (QED) is 0.848. The third-order valence-corrected chi connectivity index (χ3v) is 4.21. The van der Waals surface area contributed by atoms with Crippen LogP contribution in [0.25, 0.3) is 0 Å². The zero-order valence-electron chi connectivity index (χ0n) is 12.2. The summed E-state index contributed by atoms with van der Waals surface area (Å²) in [6.07, 6.45) is 0.865. The normalized spacial score (nSPS) is 10.4. The number of nitrogens with one attached hydrogen (secondary N) is 2. The Labute approximate surface area is 128 Å². The fraction of sp³-hybridized carbons (Fsp3) is 0.312. The summed E-state index contributed by atoms with van der Waals surface area (Å²) in [6, 6.07) is 6.57. The van der Waals surface area contributed by atoms with Gasteiger partial charge >= 0.3 is 0 Å². The third kappa shape index (κ3) is 3.82. The topological polar surface area (TPSA) is 41.1 Å². The second kappa shape index (κ2) is 7.22. The van der Waals surface area contributed by atoms with Gasteiger partial charge in [-0.15, -0.1) is 11.3 Å². The molecule has 0 saturated carbocycles. The second-order valence-electron chi connectivity index (χ2n) is 4.80. The summed E-state index contributed by atoms with van der Waals surface area (Å²) in [7, 11) is 0. The van der Waals surface area contributed by atoms with Gasteiger partial charge in [0, 0.05) is 11.4 Å². The van der Waals surface area contributed by atoms with Crippen molar-refractivity contribution in [2.45, 2.75) is 26.8 Å². The van der Waals surface area contributed by atoms with Gasteiger partial charge in [-0.1, -0.05) is 13.0 Å². The molecule has 0 bridgehead atoms. The van der Waals surface area contributed by atoms with Gasteiger partial charge in [0.2, 0.25) is 0 Å². The van der Waals surface area contributed by atoms with Crippen LogP contribution in [-0.4, -0.2) is 12.5 Å². The maximum Gasteiger partial charge on any atom is 0.253 e. The molecule has 0 spiro atoms. The molecule has 5 heteroatoms. The number of hydrogen-bond acceptors (Lipinski definition) is 3. The van der Waals surface area contributed by atoms with Crippen LogP contribution in [0.1, 0.15) is 34.1 Å². The van der Waals surface area contributed by atoms with Crippen molar-refractivity contribution in [3.8, 4) is 0 Å². The van der Waals surface area contributed by atoms with Crippen LogP contribution < -0.4 is 10.6 Å². The van der Waals surface area contributed by atoms with Gasteiger partial charge in [0.05, 0.1) is 17.8 Å². The Morgan fingerprint density at radius 3 is 2.81 bits per heavy atom. The number of rotatable bonds is 6. The largest absolute Gasteiger partial charge is 0.382 e. The van der Waals surface area contributed by atoms with Crippen LogP contribution in [0, 0.1) is 12.7 Å². The van der Waals surface area contributed by atoms with Crippen LogP contribution in [-0.2, 0) is 6.54 Å². The van der Waals surface area contributed by atoms with Gasteiger partial charge in [-0.25, -0.2) is 4.39 Å². The van der Waals surface area contributed by atoms with Crippen molar-refractivity contribution in [3.63, 3.8) is 0 Å². The molecule has 2 N–H and O–H groups in total. The number of anilines is 1. The van der Waals surface area contributed by atoms with E-state index in [-0.39, 0.29) is 11.6 Å². The predicted octanol–water partition coefficient (Wildman–Crippen LogP) is 3.95. The first kappa shape index (κ1) is 15.5. The average molecular weight is 306 g/mol. The summed E-state index contributed by atoms with van der Waals surface area (Å²) in [5.74, 6) is -0.663. The van der Waals surface area contributed by atoms with Crippen molar-refractivity contribution < 1.29 is 9.18 Å². The zero-order valence-corrected chi connectivity index (χ0v) is 13.0. The number of hydrogen-bond donors (Lipinski definition) is 2. The fourth-order valence-corrected chi connectivity index (χ4v) is 2.83. The number of carbonyl (C=O) groups excluding carboxylic acids is 1. The van der Waals surface area contributed by atoms with E-state index in [2.05, 4.69) is 10.6 Å². The van der Waals surface area contributed by atoms with E-state index in [4.69, 9.17) is 0 Å². The van der Waals surface area contributed by atoms with Crippen LogP contribution in [0.5, 0.6) is 0 Å². The van der Waals surface area contributed by atoms with Gasteiger partial charge in [0.25, 0.3) is 5.91 Å². The Balaban J connectivity index is 2.11. The standard InChI is InChI=1S/C16H19FN2OS/c1-3-8-18-15-12(5-4-6-13(15)17)16(20)19-10-14-11(2)7-9-21-14/h4-7,9,18H,3,8,10H2,1-2H3,(H,19,20). The summed E-state index contributed by atoms with van der Waals surface area (Å²) in [5.41, 5.74) is 1.78. The van der Waals surface area contributed by atoms with Crippen molar-refractivity contribution in [3.05, 3.63) is 51.5 Å². The minimum absolute atomic E-state index is 0.263. The SMILES string of the molecule is CCCNc1c(F)cccc1C(=O)NCc1sccc1C. The van der Waals surface area contributed by atoms with Gasteiger partial charge in [-0.05, 0) is 42.5 Å². The second-order valence-corrected chi connectivity index (χ2v) is 5.80. The lowest BCUT2D eigenvalue weighted by Crippen LogP contribution is -2.24. The highest BCUT2D eigenvalue weighted by atomic mass is 32.1. The lowest BCUT2D eigenvalue weighted by atomic mass is 10.1. The van der Waals surface area contributed by atoms with Gasteiger partial charge < -0.3 is 10.6 Å². The molecule has 2 rings (SSSR count). The average Bonchev–Trinajstić information content (AvgIpc) is 2.88. The molecule has 1 aromatic carbocycles. The highest BCUT2D eigenvalue weighted by Crippen LogP contribution is 2.20. The number of carbonyl (C=O) groups is 1. The molecule has 3 nitrogen and oxygen atoms in total. The molecular weight excluding hydrogens is 287 g/mol. The molecule has 0 saturated heterocycles. The van der Waals surface area contributed by atoms with Crippen LogP contribution in [0.2, 0.25) is 0 Å². The number of para-hydroxylation sites is 1. The lowest BCUT2D eigenvalue weighted by Gasteiger charge is -2.12. The molecule has 0 aliphatic rings. The first-order valence-electron chi connectivity index (χ1n) is 6.97. The molecular formula is C16H19FN2OS. The number of benzene rings is 1.